The zero-order chi connectivity index (χ0) is 9.38. The van der Waals surface area contributed by atoms with Gasteiger partial charge in [-0.3, -0.25) is 0 Å². The summed E-state index contributed by atoms with van der Waals surface area (Å²) in [5.74, 6) is 1.92. The van der Waals surface area contributed by atoms with Crippen molar-refractivity contribution in [1.82, 2.24) is 0 Å². The topological polar surface area (TPSA) is 0 Å². The summed E-state index contributed by atoms with van der Waals surface area (Å²) in [4.78, 5) is 0. The van der Waals surface area contributed by atoms with Crippen LogP contribution >= 0.6 is 0 Å². The highest BCUT2D eigenvalue weighted by atomic mass is 14.4. The van der Waals surface area contributed by atoms with Crippen molar-refractivity contribution in [2.45, 2.75) is 44.4 Å². The third-order valence-electron chi connectivity index (χ3n) is 4.13. The van der Waals surface area contributed by atoms with Crippen LogP contribution in [0.2, 0.25) is 0 Å². The van der Waals surface area contributed by atoms with Gasteiger partial charge in [0.05, 0.1) is 0 Å². The normalized spacial score (nSPS) is 30.6. The second-order valence-corrected chi connectivity index (χ2v) is 4.89. The molecule has 1 fully saturated rings. The lowest BCUT2D eigenvalue weighted by molar-refractivity contribution is 0.451. The van der Waals surface area contributed by atoms with Gasteiger partial charge in [0.1, 0.15) is 0 Å². The molecule has 0 N–H and O–H groups in total. The van der Waals surface area contributed by atoms with E-state index in [1.54, 1.807) is 11.1 Å². The Bertz CT molecular complexity index is 327. The maximum absolute atomic E-state index is 2.38. The molecule has 0 amide bonds. The molecule has 1 aromatic carbocycles. The van der Waals surface area contributed by atoms with Crippen molar-refractivity contribution in [2.75, 3.05) is 0 Å². The van der Waals surface area contributed by atoms with Gasteiger partial charge in [0.15, 0.2) is 0 Å². The van der Waals surface area contributed by atoms with E-state index in [2.05, 4.69) is 24.3 Å². The smallest absolute Gasteiger partial charge is 0.0131 e. The molecule has 0 nitrogen and oxygen atoms in total. The van der Waals surface area contributed by atoms with Gasteiger partial charge >= 0.3 is 0 Å². The molecule has 74 valence electrons. The largest absolute Gasteiger partial charge is 0.0620 e. The van der Waals surface area contributed by atoms with Crippen LogP contribution in [0.25, 0.3) is 0 Å². The van der Waals surface area contributed by atoms with Gasteiger partial charge in [-0.15, -0.1) is 0 Å². The van der Waals surface area contributed by atoms with Crippen molar-refractivity contribution in [2.24, 2.45) is 5.92 Å². The third kappa shape index (κ3) is 1.28. The van der Waals surface area contributed by atoms with Crippen LogP contribution in [-0.4, -0.2) is 0 Å². The van der Waals surface area contributed by atoms with Crippen molar-refractivity contribution in [3.05, 3.63) is 35.4 Å². The first-order chi connectivity index (χ1) is 6.95. The van der Waals surface area contributed by atoms with E-state index in [-0.39, 0.29) is 0 Å². The third-order valence-corrected chi connectivity index (χ3v) is 4.13. The Morgan fingerprint density at radius 3 is 2.79 bits per heavy atom. The lowest BCUT2D eigenvalue weighted by Crippen LogP contribution is -2.04. The fraction of sp³-hybridized carbons (Fsp3) is 0.571. The Morgan fingerprint density at radius 2 is 1.79 bits per heavy atom. The summed E-state index contributed by atoms with van der Waals surface area (Å²) in [7, 11) is 0. The fourth-order valence-corrected chi connectivity index (χ4v) is 3.47. The van der Waals surface area contributed by atoms with Crippen LogP contribution in [0.4, 0.5) is 0 Å². The first kappa shape index (κ1) is 8.52. The molecule has 0 aliphatic heterocycles. The first-order valence-electron chi connectivity index (χ1n) is 6.03. The Labute approximate surface area is 86.3 Å². The molecule has 0 aromatic heterocycles. The lowest BCUT2D eigenvalue weighted by Gasteiger charge is -2.18. The summed E-state index contributed by atoms with van der Waals surface area (Å²) >= 11 is 0. The molecular formula is C14H18. The Balaban J connectivity index is 2.04. The molecule has 14 heavy (non-hydrogen) atoms. The highest BCUT2D eigenvalue weighted by Gasteiger charge is 2.31. The summed E-state index contributed by atoms with van der Waals surface area (Å²) < 4.78 is 0. The highest BCUT2D eigenvalue weighted by Crippen LogP contribution is 2.45. The summed E-state index contributed by atoms with van der Waals surface area (Å²) in [5.41, 5.74) is 3.33. The van der Waals surface area contributed by atoms with Crippen LogP contribution in [0.5, 0.6) is 0 Å². The molecule has 2 aliphatic carbocycles. The van der Waals surface area contributed by atoms with Crippen molar-refractivity contribution in [3.8, 4) is 0 Å². The van der Waals surface area contributed by atoms with Gasteiger partial charge in [0.25, 0.3) is 0 Å². The zero-order valence-electron chi connectivity index (χ0n) is 8.71. The van der Waals surface area contributed by atoms with E-state index in [4.69, 9.17) is 0 Å². The summed E-state index contributed by atoms with van der Waals surface area (Å²) in [5, 5.41) is 0. The maximum Gasteiger partial charge on any atom is -0.0131 e. The van der Waals surface area contributed by atoms with Crippen LogP contribution < -0.4 is 0 Å². The first-order valence-corrected chi connectivity index (χ1v) is 6.03. The maximum atomic E-state index is 2.38. The molecule has 0 heteroatoms. The molecule has 0 saturated heterocycles. The highest BCUT2D eigenvalue weighted by molar-refractivity contribution is 5.32. The SMILES string of the molecule is c1ccc2c(c1)CCCC1CCCC21. The number of hydrogen-bond acceptors (Lipinski definition) is 0. The van der Waals surface area contributed by atoms with Gasteiger partial charge in [0.2, 0.25) is 0 Å². The average molecular weight is 186 g/mol. The predicted molar refractivity (Wildman–Crippen MR) is 59.5 cm³/mol. The molecule has 2 atom stereocenters. The number of benzene rings is 1. The Hall–Kier alpha value is -0.780. The van der Waals surface area contributed by atoms with Gasteiger partial charge < -0.3 is 0 Å². The van der Waals surface area contributed by atoms with Crippen LogP contribution in [0.3, 0.4) is 0 Å². The van der Waals surface area contributed by atoms with E-state index in [0.717, 1.165) is 11.8 Å². The van der Waals surface area contributed by atoms with Gasteiger partial charge in [-0.05, 0) is 55.1 Å². The average Bonchev–Trinajstić information content (AvgIpc) is 2.61. The number of rotatable bonds is 0. The second kappa shape index (κ2) is 3.42. The van der Waals surface area contributed by atoms with Crippen molar-refractivity contribution < 1.29 is 0 Å². The van der Waals surface area contributed by atoms with Crippen LogP contribution in [0.15, 0.2) is 24.3 Å². The van der Waals surface area contributed by atoms with Crippen molar-refractivity contribution in [3.63, 3.8) is 0 Å². The second-order valence-electron chi connectivity index (χ2n) is 4.89. The van der Waals surface area contributed by atoms with Crippen LogP contribution in [-0.2, 0) is 6.42 Å². The molecule has 1 aromatic rings. The van der Waals surface area contributed by atoms with Crippen molar-refractivity contribution >= 4 is 0 Å². The predicted octanol–water partition coefficient (Wildman–Crippen LogP) is 3.91. The van der Waals surface area contributed by atoms with E-state index < -0.39 is 0 Å². The molecule has 0 radical (unpaired) electrons. The Morgan fingerprint density at radius 1 is 0.929 bits per heavy atom. The molecule has 1 saturated carbocycles. The minimum Gasteiger partial charge on any atom is -0.0620 e. The van der Waals surface area contributed by atoms with Crippen LogP contribution in [0, 0.1) is 5.92 Å². The minimum absolute atomic E-state index is 0.911. The van der Waals surface area contributed by atoms with Gasteiger partial charge in [-0.25, -0.2) is 0 Å². The lowest BCUT2D eigenvalue weighted by atomic mass is 9.87. The molecule has 2 aliphatic rings. The summed E-state index contributed by atoms with van der Waals surface area (Å²) in [6, 6.07) is 9.15. The fourth-order valence-electron chi connectivity index (χ4n) is 3.47. The number of fused-ring (bicyclic) bond motifs is 3. The summed E-state index contributed by atoms with van der Waals surface area (Å²) in [6.45, 7) is 0. The molecular weight excluding hydrogens is 168 g/mol. The molecule has 0 heterocycles. The van der Waals surface area contributed by atoms with E-state index in [0.29, 0.717) is 0 Å². The van der Waals surface area contributed by atoms with Crippen molar-refractivity contribution in [1.29, 1.82) is 0 Å². The molecule has 2 unspecified atom stereocenters. The van der Waals surface area contributed by atoms with E-state index >= 15 is 0 Å². The molecule has 3 rings (SSSR count). The van der Waals surface area contributed by atoms with Gasteiger partial charge in [0, 0.05) is 0 Å². The number of hydrogen-bond donors (Lipinski definition) is 0. The monoisotopic (exact) mass is 186 g/mol. The zero-order valence-corrected chi connectivity index (χ0v) is 8.71. The Kier molecular flexibility index (Phi) is 2.08. The van der Waals surface area contributed by atoms with E-state index in [1.165, 1.54) is 38.5 Å². The van der Waals surface area contributed by atoms with E-state index in [9.17, 15) is 0 Å². The van der Waals surface area contributed by atoms with Gasteiger partial charge in [-0.1, -0.05) is 30.7 Å². The van der Waals surface area contributed by atoms with Gasteiger partial charge in [-0.2, -0.15) is 0 Å². The standard InChI is InChI=1S/C14H18/c1-2-9-13-11(5-1)6-3-7-12-8-4-10-14(12)13/h1-2,5,9,12,14H,3-4,6-8,10H2. The van der Waals surface area contributed by atoms with Crippen LogP contribution in [0.1, 0.15) is 49.1 Å². The minimum atomic E-state index is 0.911. The quantitative estimate of drug-likeness (QED) is 0.576. The summed E-state index contributed by atoms with van der Waals surface area (Å²) in [6.07, 6.45) is 8.60. The molecule has 0 bridgehead atoms. The number of aryl methyl sites for hydroxylation is 1. The van der Waals surface area contributed by atoms with E-state index in [1.807, 2.05) is 0 Å². The molecule has 0 spiro atoms.